The first kappa shape index (κ1) is 16.5. The van der Waals surface area contributed by atoms with Crippen LogP contribution >= 0.6 is 11.6 Å². The molecule has 1 aromatic carbocycles. The fourth-order valence-electron chi connectivity index (χ4n) is 3.02. The van der Waals surface area contributed by atoms with Gasteiger partial charge in [0.1, 0.15) is 0 Å². The summed E-state index contributed by atoms with van der Waals surface area (Å²) in [6, 6.07) is 8.37. The lowest BCUT2D eigenvalue weighted by Crippen LogP contribution is -2.38. The highest BCUT2D eigenvalue weighted by Crippen LogP contribution is 2.37. The van der Waals surface area contributed by atoms with Crippen molar-refractivity contribution < 1.29 is 0 Å². The van der Waals surface area contributed by atoms with E-state index in [1.165, 1.54) is 37.7 Å². The number of benzene rings is 1. The maximum Gasteiger partial charge on any atom is 0.0444 e. The predicted molar refractivity (Wildman–Crippen MR) is 86.1 cm³/mol. The molecule has 0 aliphatic carbocycles. The third kappa shape index (κ3) is 4.50. The lowest BCUT2D eigenvalue weighted by atomic mass is 9.73. The van der Waals surface area contributed by atoms with Crippen LogP contribution in [-0.4, -0.2) is 13.1 Å². The standard InChI is InChI=1S/C17H28ClN/c1-4-11-17(12-5-2,14-19-13-6-3)15-9-7-8-10-16(15)18/h7-10,19H,4-6,11-14H2,1-3H3. The Hall–Kier alpha value is -0.530. The molecule has 0 aliphatic heterocycles. The third-order valence-electron chi connectivity index (χ3n) is 3.79. The smallest absolute Gasteiger partial charge is 0.0444 e. The lowest BCUT2D eigenvalue weighted by molar-refractivity contribution is 0.335. The van der Waals surface area contributed by atoms with Gasteiger partial charge in [0.05, 0.1) is 0 Å². The molecule has 0 spiro atoms. The lowest BCUT2D eigenvalue weighted by Gasteiger charge is -2.35. The van der Waals surface area contributed by atoms with E-state index in [1.54, 1.807) is 0 Å². The second kappa shape index (κ2) is 8.60. The molecule has 1 rings (SSSR count). The highest BCUT2D eigenvalue weighted by Gasteiger charge is 2.31. The van der Waals surface area contributed by atoms with E-state index in [0.717, 1.165) is 18.1 Å². The molecule has 0 atom stereocenters. The number of halogens is 1. The Balaban J connectivity index is 3.03. The van der Waals surface area contributed by atoms with E-state index in [9.17, 15) is 0 Å². The van der Waals surface area contributed by atoms with E-state index >= 15 is 0 Å². The van der Waals surface area contributed by atoms with Crippen molar-refractivity contribution >= 4 is 11.6 Å². The maximum absolute atomic E-state index is 6.47. The van der Waals surface area contributed by atoms with Gasteiger partial charge in [0.25, 0.3) is 0 Å². The zero-order valence-electron chi connectivity index (χ0n) is 12.6. The number of hydrogen-bond donors (Lipinski definition) is 1. The van der Waals surface area contributed by atoms with Gasteiger partial charge >= 0.3 is 0 Å². The fraction of sp³-hybridized carbons (Fsp3) is 0.647. The molecule has 1 aromatic rings. The van der Waals surface area contributed by atoms with Crippen LogP contribution in [0.15, 0.2) is 24.3 Å². The summed E-state index contributed by atoms with van der Waals surface area (Å²) in [4.78, 5) is 0. The summed E-state index contributed by atoms with van der Waals surface area (Å²) in [5.74, 6) is 0. The van der Waals surface area contributed by atoms with E-state index in [4.69, 9.17) is 11.6 Å². The molecule has 1 N–H and O–H groups in total. The minimum atomic E-state index is 0.191. The Bertz CT molecular complexity index is 356. The van der Waals surface area contributed by atoms with E-state index < -0.39 is 0 Å². The molecule has 0 bridgehead atoms. The van der Waals surface area contributed by atoms with E-state index in [-0.39, 0.29) is 5.41 Å². The summed E-state index contributed by atoms with van der Waals surface area (Å²) in [6.07, 6.45) is 5.96. The van der Waals surface area contributed by atoms with E-state index in [2.05, 4.69) is 38.2 Å². The van der Waals surface area contributed by atoms with Gasteiger partial charge in [-0.3, -0.25) is 0 Å². The highest BCUT2D eigenvalue weighted by atomic mass is 35.5. The molecule has 0 radical (unpaired) electrons. The van der Waals surface area contributed by atoms with Crippen molar-refractivity contribution in [2.24, 2.45) is 0 Å². The Morgan fingerprint density at radius 1 is 1.00 bits per heavy atom. The second-order valence-corrected chi connectivity index (χ2v) is 5.84. The van der Waals surface area contributed by atoms with Gasteiger partial charge in [0.15, 0.2) is 0 Å². The van der Waals surface area contributed by atoms with Crippen LogP contribution in [0.25, 0.3) is 0 Å². The molecular formula is C17H28ClN. The van der Waals surface area contributed by atoms with Crippen molar-refractivity contribution in [1.82, 2.24) is 5.32 Å². The van der Waals surface area contributed by atoms with Gasteiger partial charge in [-0.05, 0) is 37.4 Å². The molecule has 0 fully saturated rings. The van der Waals surface area contributed by atoms with Gasteiger partial charge in [-0.15, -0.1) is 0 Å². The predicted octanol–water partition coefficient (Wildman–Crippen LogP) is 5.18. The van der Waals surface area contributed by atoms with Crippen LogP contribution < -0.4 is 5.32 Å². The van der Waals surface area contributed by atoms with Crippen molar-refractivity contribution in [2.45, 2.75) is 58.3 Å². The number of rotatable bonds is 9. The molecular weight excluding hydrogens is 254 g/mol. The molecule has 1 nitrogen and oxygen atoms in total. The van der Waals surface area contributed by atoms with Crippen molar-refractivity contribution in [3.63, 3.8) is 0 Å². The van der Waals surface area contributed by atoms with E-state index in [0.29, 0.717) is 0 Å². The summed E-state index contributed by atoms with van der Waals surface area (Å²) in [6.45, 7) is 8.86. The van der Waals surface area contributed by atoms with Crippen molar-refractivity contribution in [3.8, 4) is 0 Å². The van der Waals surface area contributed by atoms with Gasteiger partial charge in [-0.1, -0.05) is 63.4 Å². The van der Waals surface area contributed by atoms with Crippen LogP contribution in [0, 0.1) is 0 Å². The second-order valence-electron chi connectivity index (χ2n) is 5.44. The Morgan fingerprint density at radius 2 is 1.63 bits per heavy atom. The quantitative estimate of drug-likeness (QED) is 0.615. The van der Waals surface area contributed by atoms with Crippen LogP contribution in [0.2, 0.25) is 5.02 Å². The van der Waals surface area contributed by atoms with Gasteiger partial charge in [-0.2, -0.15) is 0 Å². The van der Waals surface area contributed by atoms with E-state index in [1.807, 2.05) is 12.1 Å². The highest BCUT2D eigenvalue weighted by molar-refractivity contribution is 6.31. The average molecular weight is 282 g/mol. The van der Waals surface area contributed by atoms with Crippen LogP contribution in [0.3, 0.4) is 0 Å². The van der Waals surface area contributed by atoms with Crippen LogP contribution in [0.4, 0.5) is 0 Å². The topological polar surface area (TPSA) is 12.0 Å². The van der Waals surface area contributed by atoms with Crippen molar-refractivity contribution in [1.29, 1.82) is 0 Å². The van der Waals surface area contributed by atoms with Crippen LogP contribution in [-0.2, 0) is 5.41 Å². The molecule has 0 saturated heterocycles. The summed E-state index contributed by atoms with van der Waals surface area (Å²) in [5, 5.41) is 4.53. The van der Waals surface area contributed by atoms with Crippen molar-refractivity contribution in [2.75, 3.05) is 13.1 Å². The largest absolute Gasteiger partial charge is 0.316 e. The Morgan fingerprint density at radius 3 is 2.16 bits per heavy atom. The third-order valence-corrected chi connectivity index (χ3v) is 4.12. The molecule has 0 heterocycles. The minimum Gasteiger partial charge on any atom is -0.316 e. The molecule has 0 unspecified atom stereocenters. The first-order valence-electron chi connectivity index (χ1n) is 7.66. The molecule has 0 aliphatic rings. The fourth-order valence-corrected chi connectivity index (χ4v) is 3.36. The van der Waals surface area contributed by atoms with Crippen molar-refractivity contribution in [3.05, 3.63) is 34.9 Å². The molecule has 2 heteroatoms. The summed E-state index contributed by atoms with van der Waals surface area (Å²) >= 11 is 6.47. The Kier molecular flexibility index (Phi) is 7.48. The molecule has 0 saturated carbocycles. The normalized spacial score (nSPS) is 11.8. The molecule has 108 valence electrons. The maximum atomic E-state index is 6.47. The average Bonchev–Trinajstić information content (AvgIpc) is 2.40. The summed E-state index contributed by atoms with van der Waals surface area (Å²) < 4.78 is 0. The first-order chi connectivity index (χ1) is 9.20. The SMILES string of the molecule is CCCNCC(CCC)(CCC)c1ccccc1Cl. The monoisotopic (exact) mass is 281 g/mol. The molecule has 0 aromatic heterocycles. The summed E-state index contributed by atoms with van der Waals surface area (Å²) in [7, 11) is 0. The zero-order valence-corrected chi connectivity index (χ0v) is 13.4. The summed E-state index contributed by atoms with van der Waals surface area (Å²) in [5.41, 5.74) is 1.51. The van der Waals surface area contributed by atoms with Gasteiger partial charge < -0.3 is 5.32 Å². The van der Waals surface area contributed by atoms with Gasteiger partial charge in [0.2, 0.25) is 0 Å². The molecule has 0 amide bonds. The van der Waals surface area contributed by atoms with Crippen LogP contribution in [0.1, 0.15) is 58.4 Å². The first-order valence-corrected chi connectivity index (χ1v) is 8.03. The van der Waals surface area contributed by atoms with Crippen LogP contribution in [0.5, 0.6) is 0 Å². The van der Waals surface area contributed by atoms with Gasteiger partial charge in [0, 0.05) is 17.0 Å². The zero-order chi connectivity index (χ0) is 14.1. The molecule has 19 heavy (non-hydrogen) atoms. The van der Waals surface area contributed by atoms with Gasteiger partial charge in [-0.25, -0.2) is 0 Å². The minimum absolute atomic E-state index is 0.191. The number of nitrogens with one attached hydrogen (secondary N) is 1. The number of hydrogen-bond acceptors (Lipinski definition) is 1. The Labute approximate surface area is 123 Å².